The highest BCUT2D eigenvalue weighted by Gasteiger charge is 2.23. The summed E-state index contributed by atoms with van der Waals surface area (Å²) in [5.74, 6) is -0.445. The number of methoxy groups -OCH3 is 1. The summed E-state index contributed by atoms with van der Waals surface area (Å²) in [6.45, 7) is 2.19. The second kappa shape index (κ2) is 8.83. The number of ether oxygens (including phenoxy) is 1. The van der Waals surface area contributed by atoms with Gasteiger partial charge in [0.1, 0.15) is 0 Å². The highest BCUT2D eigenvalue weighted by Crippen LogP contribution is 2.21. The summed E-state index contributed by atoms with van der Waals surface area (Å²) in [6, 6.07) is 16.7. The minimum atomic E-state index is -0.349. The van der Waals surface area contributed by atoms with Crippen LogP contribution < -0.4 is 11.1 Å². The largest absolute Gasteiger partial charge is 0.375 e. The van der Waals surface area contributed by atoms with Gasteiger partial charge in [0.15, 0.2) is 0 Å². The molecule has 4 nitrogen and oxygen atoms in total. The van der Waals surface area contributed by atoms with Crippen LogP contribution in [-0.2, 0) is 9.53 Å². The van der Waals surface area contributed by atoms with Crippen LogP contribution in [0.1, 0.15) is 30.2 Å². The van der Waals surface area contributed by atoms with E-state index < -0.39 is 0 Å². The molecule has 0 fully saturated rings. The quantitative estimate of drug-likeness (QED) is 0.806. The van der Waals surface area contributed by atoms with E-state index in [0.29, 0.717) is 11.6 Å². The zero-order valence-electron chi connectivity index (χ0n) is 13.9. The van der Waals surface area contributed by atoms with Crippen molar-refractivity contribution in [2.24, 2.45) is 11.7 Å². The third kappa shape index (κ3) is 4.81. The van der Waals surface area contributed by atoms with Gasteiger partial charge in [0.2, 0.25) is 5.91 Å². The molecule has 0 saturated carbocycles. The number of carbonyl (C=O) groups is 1. The lowest BCUT2D eigenvalue weighted by molar-refractivity contribution is -0.125. The van der Waals surface area contributed by atoms with Crippen LogP contribution in [0.3, 0.4) is 0 Å². The molecule has 0 aliphatic rings. The summed E-state index contributed by atoms with van der Waals surface area (Å²) >= 11 is 6.01. The van der Waals surface area contributed by atoms with Crippen molar-refractivity contribution < 1.29 is 9.53 Å². The van der Waals surface area contributed by atoms with Crippen molar-refractivity contribution in [1.82, 2.24) is 5.32 Å². The first-order chi connectivity index (χ1) is 11.5. The van der Waals surface area contributed by atoms with Crippen molar-refractivity contribution >= 4 is 17.5 Å². The monoisotopic (exact) mass is 346 g/mol. The maximum absolute atomic E-state index is 12.4. The Morgan fingerprint density at radius 2 is 1.83 bits per heavy atom. The van der Waals surface area contributed by atoms with Gasteiger partial charge in [-0.05, 0) is 23.3 Å². The first-order valence-electron chi connectivity index (χ1n) is 7.89. The van der Waals surface area contributed by atoms with Gasteiger partial charge in [-0.3, -0.25) is 4.79 Å². The van der Waals surface area contributed by atoms with Crippen LogP contribution in [0.25, 0.3) is 0 Å². The number of carbonyl (C=O) groups excluding carboxylic acids is 1. The molecule has 2 aromatic carbocycles. The molecule has 0 saturated heterocycles. The van der Waals surface area contributed by atoms with Gasteiger partial charge in [0.05, 0.1) is 12.0 Å². The Morgan fingerprint density at radius 3 is 2.46 bits per heavy atom. The summed E-state index contributed by atoms with van der Waals surface area (Å²) < 4.78 is 5.46. The van der Waals surface area contributed by atoms with Crippen molar-refractivity contribution in [3.63, 3.8) is 0 Å². The summed E-state index contributed by atoms with van der Waals surface area (Å²) in [4.78, 5) is 12.4. The molecule has 0 radical (unpaired) electrons. The van der Waals surface area contributed by atoms with Crippen LogP contribution in [0.5, 0.6) is 0 Å². The van der Waals surface area contributed by atoms with Crippen molar-refractivity contribution in [3.05, 3.63) is 70.7 Å². The van der Waals surface area contributed by atoms with E-state index in [4.69, 9.17) is 22.1 Å². The van der Waals surface area contributed by atoms with E-state index in [1.165, 1.54) is 0 Å². The van der Waals surface area contributed by atoms with Gasteiger partial charge < -0.3 is 15.8 Å². The van der Waals surface area contributed by atoms with Gasteiger partial charge in [-0.25, -0.2) is 0 Å². The van der Waals surface area contributed by atoms with Crippen molar-refractivity contribution in [2.75, 3.05) is 13.7 Å². The number of hydrogen-bond donors (Lipinski definition) is 2. The SMILES string of the molecule is COC(CNC(=O)C(C)C(N)c1ccccc1)c1cccc(Cl)c1. The van der Waals surface area contributed by atoms with Crippen LogP contribution in [0.15, 0.2) is 54.6 Å². The van der Waals surface area contributed by atoms with Gasteiger partial charge in [-0.15, -0.1) is 0 Å². The topological polar surface area (TPSA) is 64.3 Å². The molecule has 0 aliphatic carbocycles. The maximum Gasteiger partial charge on any atom is 0.224 e. The first-order valence-corrected chi connectivity index (χ1v) is 8.27. The number of rotatable bonds is 7. The Bertz CT molecular complexity index is 663. The van der Waals surface area contributed by atoms with Gasteiger partial charge >= 0.3 is 0 Å². The molecule has 2 rings (SSSR count). The molecule has 5 heteroatoms. The average molecular weight is 347 g/mol. The van der Waals surface area contributed by atoms with Crippen LogP contribution in [0, 0.1) is 5.92 Å². The van der Waals surface area contributed by atoms with Crippen molar-refractivity contribution in [2.45, 2.75) is 19.1 Å². The molecule has 1 amide bonds. The lowest BCUT2D eigenvalue weighted by Crippen LogP contribution is -2.37. The van der Waals surface area contributed by atoms with Gasteiger partial charge in [0.25, 0.3) is 0 Å². The Kier molecular flexibility index (Phi) is 6.79. The first kappa shape index (κ1) is 18.5. The minimum absolute atomic E-state index is 0.101. The second-order valence-electron chi connectivity index (χ2n) is 5.75. The molecule has 0 spiro atoms. The van der Waals surface area contributed by atoms with E-state index in [0.717, 1.165) is 11.1 Å². The highest BCUT2D eigenvalue weighted by atomic mass is 35.5. The number of benzene rings is 2. The van der Waals surface area contributed by atoms with Crippen LogP contribution >= 0.6 is 11.6 Å². The predicted octanol–water partition coefficient (Wildman–Crippen LogP) is 3.48. The standard InChI is InChI=1S/C19H23ClN2O2/c1-13(18(21)14-7-4-3-5-8-14)19(23)22-12-17(24-2)15-9-6-10-16(20)11-15/h3-11,13,17-18H,12,21H2,1-2H3,(H,22,23). The summed E-state index contributed by atoms with van der Waals surface area (Å²) in [6.07, 6.45) is -0.257. The summed E-state index contributed by atoms with van der Waals surface area (Å²) in [7, 11) is 1.61. The van der Waals surface area contributed by atoms with Gasteiger partial charge in [-0.1, -0.05) is 61.0 Å². The third-order valence-electron chi connectivity index (χ3n) is 4.10. The van der Waals surface area contributed by atoms with E-state index in [1.807, 2.05) is 55.5 Å². The fraction of sp³-hybridized carbons (Fsp3) is 0.316. The van der Waals surface area contributed by atoms with Crippen molar-refractivity contribution in [1.29, 1.82) is 0 Å². The average Bonchev–Trinajstić information content (AvgIpc) is 2.61. The van der Waals surface area contributed by atoms with Crippen molar-refractivity contribution in [3.8, 4) is 0 Å². The molecule has 3 N–H and O–H groups in total. The molecule has 128 valence electrons. The van der Waals surface area contributed by atoms with Crippen LogP contribution in [-0.4, -0.2) is 19.6 Å². The van der Waals surface area contributed by atoms with Crippen LogP contribution in [0.2, 0.25) is 5.02 Å². The Hall–Kier alpha value is -1.88. The van der Waals surface area contributed by atoms with E-state index in [9.17, 15) is 4.79 Å². The maximum atomic E-state index is 12.4. The predicted molar refractivity (Wildman–Crippen MR) is 96.7 cm³/mol. The molecule has 2 aromatic rings. The van der Waals surface area contributed by atoms with Crippen LogP contribution in [0.4, 0.5) is 0 Å². The highest BCUT2D eigenvalue weighted by molar-refractivity contribution is 6.30. The third-order valence-corrected chi connectivity index (χ3v) is 4.34. The van der Waals surface area contributed by atoms with Gasteiger partial charge in [0, 0.05) is 24.7 Å². The number of nitrogens with two attached hydrogens (primary N) is 1. The molecular formula is C19H23ClN2O2. The number of hydrogen-bond acceptors (Lipinski definition) is 3. The number of amides is 1. The summed E-state index contributed by atoms with van der Waals surface area (Å²) in [5.41, 5.74) is 8.06. The number of halogens is 1. The molecule has 3 unspecified atom stereocenters. The minimum Gasteiger partial charge on any atom is -0.375 e. The zero-order chi connectivity index (χ0) is 17.5. The molecule has 24 heavy (non-hydrogen) atoms. The zero-order valence-corrected chi connectivity index (χ0v) is 14.7. The molecule has 3 atom stereocenters. The molecule has 0 bridgehead atoms. The fourth-order valence-electron chi connectivity index (χ4n) is 2.53. The molecule has 0 heterocycles. The summed E-state index contributed by atoms with van der Waals surface area (Å²) in [5, 5.41) is 3.55. The number of nitrogens with one attached hydrogen (secondary N) is 1. The molecular weight excluding hydrogens is 324 g/mol. The Labute approximate surface area is 148 Å². The Balaban J connectivity index is 1.96. The second-order valence-corrected chi connectivity index (χ2v) is 6.19. The van der Waals surface area contributed by atoms with E-state index >= 15 is 0 Å². The fourth-order valence-corrected chi connectivity index (χ4v) is 2.72. The lowest BCUT2D eigenvalue weighted by atomic mass is 9.94. The van der Waals surface area contributed by atoms with Gasteiger partial charge in [-0.2, -0.15) is 0 Å². The lowest BCUT2D eigenvalue weighted by Gasteiger charge is -2.22. The van der Waals surface area contributed by atoms with E-state index in [1.54, 1.807) is 13.2 Å². The molecule has 0 aliphatic heterocycles. The Morgan fingerprint density at radius 1 is 1.17 bits per heavy atom. The molecule has 0 aromatic heterocycles. The van der Waals surface area contributed by atoms with E-state index in [-0.39, 0.29) is 24.0 Å². The normalized spacial score (nSPS) is 14.7. The van der Waals surface area contributed by atoms with E-state index in [2.05, 4.69) is 5.32 Å². The smallest absolute Gasteiger partial charge is 0.224 e.